The molecule has 0 aromatic rings. The van der Waals surface area contributed by atoms with Gasteiger partial charge in [-0.25, -0.2) is 0 Å². The van der Waals surface area contributed by atoms with Crippen LogP contribution in [0.2, 0.25) is 0 Å². The van der Waals surface area contributed by atoms with Crippen molar-refractivity contribution in [1.82, 2.24) is 5.32 Å². The molecule has 82 valence electrons. The van der Waals surface area contributed by atoms with E-state index in [9.17, 15) is 4.79 Å². The van der Waals surface area contributed by atoms with Gasteiger partial charge in [0.1, 0.15) is 0 Å². The molecule has 1 saturated heterocycles. The number of carbonyl (C=O) groups excluding carboxylic acids is 1. The minimum Gasteiger partial charge on any atom is -0.466 e. The molecule has 3 nitrogen and oxygen atoms in total. The highest BCUT2D eigenvalue weighted by Crippen LogP contribution is 2.22. The van der Waals surface area contributed by atoms with Crippen molar-refractivity contribution in [1.29, 1.82) is 0 Å². The Balaban J connectivity index is 2.48. The van der Waals surface area contributed by atoms with Gasteiger partial charge >= 0.3 is 5.97 Å². The zero-order valence-electron chi connectivity index (χ0n) is 9.38. The van der Waals surface area contributed by atoms with Gasteiger partial charge in [-0.1, -0.05) is 6.92 Å². The molecular formula is C11H21NO2. The summed E-state index contributed by atoms with van der Waals surface area (Å²) in [6, 6.07) is 0.913. The molecule has 1 fully saturated rings. The highest BCUT2D eigenvalue weighted by molar-refractivity contribution is 5.72. The van der Waals surface area contributed by atoms with Crippen LogP contribution in [-0.4, -0.2) is 24.7 Å². The first kappa shape index (κ1) is 11.5. The Kier molecular flexibility index (Phi) is 4.39. The van der Waals surface area contributed by atoms with Gasteiger partial charge in [-0.3, -0.25) is 4.79 Å². The van der Waals surface area contributed by atoms with Gasteiger partial charge in [-0.15, -0.1) is 0 Å². The van der Waals surface area contributed by atoms with E-state index >= 15 is 0 Å². The van der Waals surface area contributed by atoms with Gasteiger partial charge in [0.15, 0.2) is 0 Å². The molecule has 0 saturated carbocycles. The average molecular weight is 199 g/mol. The molecule has 0 aromatic carbocycles. The first-order chi connectivity index (χ1) is 6.67. The Morgan fingerprint density at radius 1 is 1.43 bits per heavy atom. The molecule has 0 bridgehead atoms. The van der Waals surface area contributed by atoms with E-state index in [2.05, 4.69) is 19.2 Å². The van der Waals surface area contributed by atoms with Crippen LogP contribution in [0.25, 0.3) is 0 Å². The molecule has 1 rings (SSSR count). The third-order valence-electron chi connectivity index (χ3n) is 2.84. The van der Waals surface area contributed by atoms with E-state index in [1.54, 1.807) is 0 Å². The van der Waals surface area contributed by atoms with Gasteiger partial charge in [0.25, 0.3) is 0 Å². The van der Waals surface area contributed by atoms with E-state index < -0.39 is 0 Å². The maximum atomic E-state index is 11.6. The second-order valence-electron chi connectivity index (χ2n) is 4.09. The van der Waals surface area contributed by atoms with Crippen molar-refractivity contribution in [3.8, 4) is 0 Å². The average Bonchev–Trinajstić information content (AvgIpc) is 2.17. The van der Waals surface area contributed by atoms with Crippen molar-refractivity contribution < 1.29 is 9.53 Å². The van der Waals surface area contributed by atoms with Gasteiger partial charge in [-0.2, -0.15) is 0 Å². The van der Waals surface area contributed by atoms with Gasteiger partial charge in [0.05, 0.1) is 12.5 Å². The lowest BCUT2D eigenvalue weighted by molar-refractivity contribution is -0.149. The summed E-state index contributed by atoms with van der Waals surface area (Å²) in [7, 11) is 0. The highest BCUT2D eigenvalue weighted by Gasteiger charge is 2.30. The maximum absolute atomic E-state index is 11.6. The zero-order valence-corrected chi connectivity index (χ0v) is 9.38. The lowest BCUT2D eigenvalue weighted by Crippen LogP contribution is -2.45. The topological polar surface area (TPSA) is 38.3 Å². The number of nitrogens with one attached hydrogen (secondary N) is 1. The molecule has 1 aliphatic rings. The molecule has 1 aliphatic heterocycles. The molecule has 3 atom stereocenters. The standard InChI is InChI=1S/C11H21NO2/c1-4-10-7-9(6-8(3)12-10)11(13)14-5-2/h8-10,12H,4-7H2,1-3H3. The molecule has 0 aromatic heterocycles. The molecule has 3 heteroatoms. The number of hydrogen-bond acceptors (Lipinski definition) is 3. The van der Waals surface area contributed by atoms with Crippen molar-refractivity contribution in [2.75, 3.05) is 6.61 Å². The number of ether oxygens (including phenoxy) is 1. The summed E-state index contributed by atoms with van der Waals surface area (Å²) in [6.07, 6.45) is 2.93. The van der Waals surface area contributed by atoms with Gasteiger partial charge in [-0.05, 0) is 33.1 Å². The summed E-state index contributed by atoms with van der Waals surface area (Å²) in [6.45, 7) is 6.64. The predicted molar refractivity (Wildman–Crippen MR) is 56.0 cm³/mol. The van der Waals surface area contributed by atoms with Crippen molar-refractivity contribution >= 4 is 5.97 Å². The number of rotatable bonds is 3. The van der Waals surface area contributed by atoms with E-state index in [0.29, 0.717) is 18.7 Å². The Hall–Kier alpha value is -0.570. The zero-order chi connectivity index (χ0) is 10.6. The highest BCUT2D eigenvalue weighted by atomic mass is 16.5. The minimum absolute atomic E-state index is 0.0145. The largest absolute Gasteiger partial charge is 0.466 e. The number of esters is 1. The molecule has 1 heterocycles. The fourth-order valence-corrected chi connectivity index (χ4v) is 2.14. The molecular weight excluding hydrogens is 178 g/mol. The quantitative estimate of drug-likeness (QED) is 0.703. The van der Waals surface area contributed by atoms with Crippen LogP contribution in [0, 0.1) is 5.92 Å². The van der Waals surface area contributed by atoms with Crippen LogP contribution in [0.3, 0.4) is 0 Å². The van der Waals surface area contributed by atoms with E-state index in [0.717, 1.165) is 19.3 Å². The molecule has 14 heavy (non-hydrogen) atoms. The van der Waals surface area contributed by atoms with Crippen molar-refractivity contribution in [2.45, 2.75) is 52.1 Å². The third kappa shape index (κ3) is 2.98. The normalized spacial score (nSPS) is 32.6. The van der Waals surface area contributed by atoms with Gasteiger partial charge in [0, 0.05) is 12.1 Å². The van der Waals surface area contributed by atoms with Crippen LogP contribution in [0.15, 0.2) is 0 Å². The smallest absolute Gasteiger partial charge is 0.309 e. The molecule has 3 unspecified atom stereocenters. The van der Waals surface area contributed by atoms with Crippen molar-refractivity contribution in [3.63, 3.8) is 0 Å². The Morgan fingerprint density at radius 3 is 2.71 bits per heavy atom. The first-order valence-electron chi connectivity index (χ1n) is 5.60. The fourth-order valence-electron chi connectivity index (χ4n) is 2.14. The molecule has 1 N–H and O–H groups in total. The van der Waals surface area contributed by atoms with E-state index in [1.165, 1.54) is 0 Å². The summed E-state index contributed by atoms with van der Waals surface area (Å²) in [5.74, 6) is 0.0930. The van der Waals surface area contributed by atoms with Crippen LogP contribution in [0.4, 0.5) is 0 Å². The van der Waals surface area contributed by atoms with Crippen molar-refractivity contribution in [2.24, 2.45) is 5.92 Å². The van der Waals surface area contributed by atoms with Gasteiger partial charge in [0.2, 0.25) is 0 Å². The fraction of sp³-hybridized carbons (Fsp3) is 0.909. The van der Waals surface area contributed by atoms with E-state index in [4.69, 9.17) is 4.74 Å². The number of hydrogen-bond donors (Lipinski definition) is 1. The van der Waals surface area contributed by atoms with E-state index in [1.807, 2.05) is 6.92 Å². The monoisotopic (exact) mass is 199 g/mol. The summed E-state index contributed by atoms with van der Waals surface area (Å²) in [4.78, 5) is 11.6. The maximum Gasteiger partial charge on any atom is 0.309 e. The van der Waals surface area contributed by atoms with Gasteiger partial charge < -0.3 is 10.1 Å². The SMILES string of the molecule is CCOC(=O)C1CC(C)NC(CC)C1. The second kappa shape index (κ2) is 5.35. The minimum atomic E-state index is -0.0145. The summed E-state index contributed by atoms with van der Waals surface area (Å²) in [5, 5.41) is 3.49. The van der Waals surface area contributed by atoms with Crippen molar-refractivity contribution in [3.05, 3.63) is 0 Å². The Labute approximate surface area is 86.2 Å². The lowest BCUT2D eigenvalue weighted by Gasteiger charge is -2.33. The summed E-state index contributed by atoms with van der Waals surface area (Å²) < 4.78 is 5.06. The van der Waals surface area contributed by atoms with E-state index in [-0.39, 0.29) is 11.9 Å². The summed E-state index contributed by atoms with van der Waals surface area (Å²) in [5.41, 5.74) is 0. The number of carbonyl (C=O) groups is 1. The Morgan fingerprint density at radius 2 is 2.14 bits per heavy atom. The second-order valence-corrected chi connectivity index (χ2v) is 4.09. The Bertz CT molecular complexity index is 194. The van der Waals surface area contributed by atoms with Crippen LogP contribution in [0.1, 0.15) is 40.0 Å². The molecule has 0 radical (unpaired) electrons. The van der Waals surface area contributed by atoms with Crippen LogP contribution in [-0.2, 0) is 9.53 Å². The predicted octanol–water partition coefficient (Wildman–Crippen LogP) is 1.72. The first-order valence-corrected chi connectivity index (χ1v) is 5.60. The van der Waals surface area contributed by atoms with Crippen LogP contribution >= 0.6 is 0 Å². The molecule has 0 amide bonds. The van der Waals surface area contributed by atoms with Crippen LogP contribution < -0.4 is 5.32 Å². The summed E-state index contributed by atoms with van der Waals surface area (Å²) >= 11 is 0. The molecule has 0 aliphatic carbocycles. The molecule has 0 spiro atoms. The third-order valence-corrected chi connectivity index (χ3v) is 2.84. The lowest BCUT2D eigenvalue weighted by atomic mass is 9.87. The van der Waals surface area contributed by atoms with Crippen LogP contribution in [0.5, 0.6) is 0 Å². The number of piperidine rings is 1.